The van der Waals surface area contributed by atoms with E-state index in [-0.39, 0.29) is 17.9 Å². The van der Waals surface area contributed by atoms with Gasteiger partial charge in [-0.2, -0.15) is 0 Å². The first-order valence-corrected chi connectivity index (χ1v) is 8.90. The normalized spacial score (nSPS) is 22.6. The number of hydrogen-bond donors (Lipinski definition) is 1. The summed E-state index contributed by atoms with van der Waals surface area (Å²) in [5, 5.41) is 3.00. The standard InChI is InChI=1S/C17H30N2O3/c1-2-22-16(20)15-10-6-12-19(13-15)17(21)18-11-5-9-14-7-3-4-8-14/h14-15H,2-13H2,1H3,(H,18,21). The first-order valence-electron chi connectivity index (χ1n) is 8.90. The van der Waals surface area contributed by atoms with Crippen LogP contribution in [0.15, 0.2) is 0 Å². The number of carbonyl (C=O) groups excluding carboxylic acids is 2. The third kappa shape index (κ3) is 5.18. The SMILES string of the molecule is CCOC(=O)C1CCCN(C(=O)NCCCC2CCCC2)C1. The van der Waals surface area contributed by atoms with E-state index in [0.29, 0.717) is 13.2 Å². The summed E-state index contributed by atoms with van der Waals surface area (Å²) in [6.07, 6.45) is 9.46. The lowest BCUT2D eigenvalue weighted by atomic mass is 9.98. The van der Waals surface area contributed by atoms with Crippen molar-refractivity contribution < 1.29 is 14.3 Å². The Morgan fingerprint density at radius 3 is 2.68 bits per heavy atom. The van der Waals surface area contributed by atoms with Crippen molar-refractivity contribution in [1.82, 2.24) is 10.2 Å². The van der Waals surface area contributed by atoms with Crippen LogP contribution in [0.4, 0.5) is 4.79 Å². The Morgan fingerprint density at radius 2 is 1.95 bits per heavy atom. The van der Waals surface area contributed by atoms with E-state index in [1.165, 1.54) is 32.1 Å². The van der Waals surface area contributed by atoms with E-state index < -0.39 is 0 Å². The fraction of sp³-hybridized carbons (Fsp3) is 0.882. The van der Waals surface area contributed by atoms with Crippen molar-refractivity contribution in [2.45, 2.75) is 58.3 Å². The summed E-state index contributed by atoms with van der Waals surface area (Å²) in [6, 6.07) is -0.0274. The molecule has 0 aromatic rings. The lowest BCUT2D eigenvalue weighted by Gasteiger charge is -2.31. The highest BCUT2D eigenvalue weighted by atomic mass is 16.5. The molecule has 2 rings (SSSR count). The maximum Gasteiger partial charge on any atom is 0.317 e. The molecule has 0 aromatic carbocycles. The molecule has 1 aliphatic heterocycles. The highest BCUT2D eigenvalue weighted by Crippen LogP contribution is 2.28. The molecule has 0 aromatic heterocycles. The molecule has 1 aliphatic carbocycles. The third-order valence-electron chi connectivity index (χ3n) is 4.87. The molecule has 0 spiro atoms. The Balaban J connectivity index is 1.64. The first kappa shape index (κ1) is 17.1. The summed E-state index contributed by atoms with van der Waals surface area (Å²) in [5.41, 5.74) is 0. The molecular weight excluding hydrogens is 280 g/mol. The molecule has 1 atom stereocenters. The summed E-state index contributed by atoms with van der Waals surface area (Å²) >= 11 is 0. The largest absolute Gasteiger partial charge is 0.466 e. The molecule has 1 heterocycles. The molecule has 2 aliphatic rings. The zero-order valence-corrected chi connectivity index (χ0v) is 13.8. The van der Waals surface area contributed by atoms with E-state index in [0.717, 1.165) is 38.3 Å². The van der Waals surface area contributed by atoms with Gasteiger partial charge in [0, 0.05) is 19.6 Å². The zero-order valence-electron chi connectivity index (χ0n) is 13.8. The second-order valence-corrected chi connectivity index (χ2v) is 6.56. The first-order chi connectivity index (χ1) is 10.7. The van der Waals surface area contributed by atoms with Crippen LogP contribution in [0.5, 0.6) is 0 Å². The number of carbonyl (C=O) groups is 2. The summed E-state index contributed by atoms with van der Waals surface area (Å²) in [5.74, 6) is 0.555. The summed E-state index contributed by atoms with van der Waals surface area (Å²) in [6.45, 7) is 4.20. The van der Waals surface area contributed by atoms with Crippen molar-refractivity contribution >= 4 is 12.0 Å². The Bertz CT molecular complexity index is 367. The van der Waals surface area contributed by atoms with Crippen molar-refractivity contribution in [3.63, 3.8) is 0 Å². The summed E-state index contributed by atoms with van der Waals surface area (Å²) in [7, 11) is 0. The average molecular weight is 310 g/mol. The number of amides is 2. The lowest BCUT2D eigenvalue weighted by molar-refractivity contribution is -0.149. The quantitative estimate of drug-likeness (QED) is 0.606. The van der Waals surface area contributed by atoms with Crippen LogP contribution in [0.2, 0.25) is 0 Å². The molecule has 0 bridgehead atoms. The molecule has 126 valence electrons. The van der Waals surface area contributed by atoms with Crippen LogP contribution in [0.3, 0.4) is 0 Å². The van der Waals surface area contributed by atoms with Gasteiger partial charge in [-0.25, -0.2) is 4.79 Å². The monoisotopic (exact) mass is 310 g/mol. The van der Waals surface area contributed by atoms with Gasteiger partial charge in [-0.05, 0) is 38.5 Å². The smallest absolute Gasteiger partial charge is 0.317 e. The van der Waals surface area contributed by atoms with Gasteiger partial charge in [0.05, 0.1) is 12.5 Å². The fourth-order valence-electron chi connectivity index (χ4n) is 3.61. The lowest BCUT2D eigenvalue weighted by Crippen LogP contribution is -2.47. The Labute approximate surface area is 133 Å². The summed E-state index contributed by atoms with van der Waals surface area (Å²) < 4.78 is 5.07. The molecule has 5 nitrogen and oxygen atoms in total. The molecule has 22 heavy (non-hydrogen) atoms. The number of esters is 1. The maximum atomic E-state index is 12.2. The van der Waals surface area contributed by atoms with Gasteiger partial charge in [-0.3, -0.25) is 4.79 Å². The second kappa shape index (κ2) is 9.01. The van der Waals surface area contributed by atoms with Gasteiger partial charge in [0.2, 0.25) is 0 Å². The van der Waals surface area contributed by atoms with E-state index in [4.69, 9.17) is 4.74 Å². The minimum absolute atomic E-state index is 0.0274. The number of nitrogens with one attached hydrogen (secondary N) is 1. The number of piperidine rings is 1. The minimum Gasteiger partial charge on any atom is -0.466 e. The third-order valence-corrected chi connectivity index (χ3v) is 4.87. The molecule has 5 heteroatoms. The van der Waals surface area contributed by atoms with Gasteiger partial charge >= 0.3 is 12.0 Å². The Morgan fingerprint density at radius 1 is 1.18 bits per heavy atom. The van der Waals surface area contributed by atoms with E-state index in [2.05, 4.69) is 5.32 Å². The van der Waals surface area contributed by atoms with E-state index >= 15 is 0 Å². The molecule has 1 saturated heterocycles. The van der Waals surface area contributed by atoms with Gasteiger partial charge in [-0.15, -0.1) is 0 Å². The molecule has 2 amide bonds. The van der Waals surface area contributed by atoms with Crippen LogP contribution >= 0.6 is 0 Å². The van der Waals surface area contributed by atoms with Crippen LogP contribution in [-0.4, -0.2) is 43.1 Å². The van der Waals surface area contributed by atoms with E-state index in [1.54, 1.807) is 4.90 Å². The maximum absolute atomic E-state index is 12.2. The van der Waals surface area contributed by atoms with Gasteiger partial charge in [0.1, 0.15) is 0 Å². The average Bonchev–Trinajstić information content (AvgIpc) is 3.05. The molecular formula is C17H30N2O3. The molecule has 1 saturated carbocycles. The van der Waals surface area contributed by atoms with E-state index in [9.17, 15) is 9.59 Å². The van der Waals surface area contributed by atoms with Gasteiger partial charge in [0.15, 0.2) is 0 Å². The van der Waals surface area contributed by atoms with Crippen LogP contribution in [0.25, 0.3) is 0 Å². The van der Waals surface area contributed by atoms with Crippen molar-refractivity contribution in [3.8, 4) is 0 Å². The van der Waals surface area contributed by atoms with Crippen molar-refractivity contribution in [2.24, 2.45) is 11.8 Å². The van der Waals surface area contributed by atoms with Crippen LogP contribution in [0.1, 0.15) is 58.3 Å². The van der Waals surface area contributed by atoms with E-state index in [1.807, 2.05) is 6.92 Å². The number of urea groups is 1. The molecule has 1 unspecified atom stereocenters. The Kier molecular flexibility index (Phi) is 7.00. The van der Waals surface area contributed by atoms with Crippen molar-refractivity contribution in [3.05, 3.63) is 0 Å². The van der Waals surface area contributed by atoms with Crippen LogP contribution in [-0.2, 0) is 9.53 Å². The highest BCUT2D eigenvalue weighted by molar-refractivity contribution is 5.77. The Hall–Kier alpha value is -1.26. The number of ether oxygens (including phenoxy) is 1. The minimum atomic E-state index is -0.166. The van der Waals surface area contributed by atoms with Crippen LogP contribution in [0, 0.1) is 11.8 Å². The summed E-state index contributed by atoms with van der Waals surface area (Å²) in [4.78, 5) is 25.7. The number of likely N-dealkylation sites (tertiary alicyclic amines) is 1. The molecule has 1 N–H and O–H groups in total. The highest BCUT2D eigenvalue weighted by Gasteiger charge is 2.29. The fourth-order valence-corrected chi connectivity index (χ4v) is 3.61. The topological polar surface area (TPSA) is 58.6 Å². The second-order valence-electron chi connectivity index (χ2n) is 6.56. The number of rotatable bonds is 6. The van der Waals surface area contributed by atoms with Gasteiger partial charge in [-0.1, -0.05) is 25.7 Å². The van der Waals surface area contributed by atoms with Gasteiger partial charge < -0.3 is 15.0 Å². The predicted octanol–water partition coefficient (Wildman–Crippen LogP) is 2.94. The van der Waals surface area contributed by atoms with Crippen LogP contribution < -0.4 is 5.32 Å². The molecule has 0 radical (unpaired) electrons. The zero-order chi connectivity index (χ0) is 15.8. The molecule has 2 fully saturated rings. The van der Waals surface area contributed by atoms with Crippen molar-refractivity contribution in [2.75, 3.05) is 26.2 Å². The number of hydrogen-bond acceptors (Lipinski definition) is 3. The van der Waals surface area contributed by atoms with Crippen molar-refractivity contribution in [1.29, 1.82) is 0 Å². The number of nitrogens with zero attached hydrogens (tertiary/aromatic N) is 1. The predicted molar refractivity (Wildman–Crippen MR) is 85.5 cm³/mol. The van der Waals surface area contributed by atoms with Gasteiger partial charge in [0.25, 0.3) is 0 Å².